The fourth-order valence-electron chi connectivity index (χ4n) is 4.29. The average Bonchev–Trinajstić information content (AvgIpc) is 3.09. The summed E-state index contributed by atoms with van der Waals surface area (Å²) in [4.78, 5) is 30.8. The molecule has 7 heteroatoms. The number of benzene rings is 2. The van der Waals surface area contributed by atoms with Crippen LogP contribution in [0.5, 0.6) is 11.5 Å². The minimum Gasteiger partial charge on any atom is -0.493 e. The Morgan fingerprint density at radius 2 is 1.88 bits per heavy atom. The van der Waals surface area contributed by atoms with Gasteiger partial charge in [-0.3, -0.25) is 9.59 Å². The molecular formula is C26H30N2O5. The molecule has 2 heterocycles. The van der Waals surface area contributed by atoms with Crippen molar-refractivity contribution in [2.75, 3.05) is 40.9 Å². The fourth-order valence-corrected chi connectivity index (χ4v) is 4.29. The summed E-state index contributed by atoms with van der Waals surface area (Å²) in [7, 11) is 5.58. The number of rotatable bonds is 9. The largest absolute Gasteiger partial charge is 0.493 e. The summed E-state index contributed by atoms with van der Waals surface area (Å²) in [5, 5.41) is 0.471. The normalized spacial score (nSPS) is 15.4. The van der Waals surface area contributed by atoms with Gasteiger partial charge in [-0.05, 0) is 63.3 Å². The molecule has 0 radical (unpaired) electrons. The number of nitrogens with zero attached hydrogens (tertiary/aromatic N) is 2. The SMILES string of the molecule is CCCOc1ccc([C@@H]2c3c(oc4ccccc4c3=O)C(=O)N2CCCN(C)C)cc1OC. The van der Waals surface area contributed by atoms with Crippen LogP contribution in [0.3, 0.4) is 0 Å². The van der Waals surface area contributed by atoms with E-state index in [4.69, 9.17) is 13.9 Å². The molecule has 1 amide bonds. The van der Waals surface area contributed by atoms with Gasteiger partial charge in [-0.1, -0.05) is 25.1 Å². The van der Waals surface area contributed by atoms with Gasteiger partial charge < -0.3 is 23.7 Å². The van der Waals surface area contributed by atoms with Crippen molar-refractivity contribution in [3.63, 3.8) is 0 Å². The maximum Gasteiger partial charge on any atom is 0.290 e. The molecule has 4 rings (SSSR count). The zero-order valence-electron chi connectivity index (χ0n) is 19.6. The molecule has 7 nitrogen and oxygen atoms in total. The summed E-state index contributed by atoms with van der Waals surface area (Å²) in [5.41, 5.74) is 1.41. The molecule has 1 aliphatic rings. The standard InChI is InChI=1S/C26H30N2O5/c1-5-15-32-20-12-11-17(16-21(20)31-4)23-22-24(29)18-9-6-7-10-19(18)33-25(22)26(30)28(23)14-8-13-27(2)3/h6-7,9-12,16,23H,5,8,13-15H2,1-4H3/t23-/m1/s1. The first-order valence-electron chi connectivity index (χ1n) is 11.3. The van der Waals surface area contributed by atoms with Crippen LogP contribution in [0.1, 0.15) is 47.5 Å². The molecule has 0 bridgehead atoms. The van der Waals surface area contributed by atoms with Gasteiger partial charge in [-0.15, -0.1) is 0 Å². The lowest BCUT2D eigenvalue weighted by molar-refractivity contribution is 0.0722. The lowest BCUT2D eigenvalue weighted by Crippen LogP contribution is -2.32. The van der Waals surface area contributed by atoms with Gasteiger partial charge in [0, 0.05) is 6.54 Å². The number of methoxy groups -OCH3 is 1. The Labute approximate surface area is 193 Å². The molecule has 1 atom stereocenters. The van der Waals surface area contributed by atoms with Crippen LogP contribution in [0, 0.1) is 0 Å². The number of hydrogen-bond acceptors (Lipinski definition) is 6. The Hall–Kier alpha value is -3.32. The number of amides is 1. The number of fused-ring (bicyclic) bond motifs is 2. The van der Waals surface area contributed by atoms with Crippen molar-refractivity contribution in [2.45, 2.75) is 25.8 Å². The molecule has 1 aromatic heterocycles. The van der Waals surface area contributed by atoms with Crippen molar-refractivity contribution in [1.82, 2.24) is 9.80 Å². The van der Waals surface area contributed by atoms with Crippen LogP contribution in [-0.4, -0.2) is 56.6 Å². The molecule has 0 unspecified atom stereocenters. The van der Waals surface area contributed by atoms with Crippen LogP contribution in [0.25, 0.3) is 11.0 Å². The van der Waals surface area contributed by atoms with Crippen LogP contribution in [0.2, 0.25) is 0 Å². The van der Waals surface area contributed by atoms with Gasteiger partial charge in [0.25, 0.3) is 5.91 Å². The topological polar surface area (TPSA) is 72.2 Å². The summed E-state index contributed by atoms with van der Waals surface area (Å²) in [6, 6.07) is 12.1. The highest BCUT2D eigenvalue weighted by Gasteiger charge is 2.42. The number of ether oxygens (including phenoxy) is 2. The summed E-state index contributed by atoms with van der Waals surface area (Å²) in [6.07, 6.45) is 1.65. The van der Waals surface area contributed by atoms with Crippen LogP contribution in [0.15, 0.2) is 51.7 Å². The fraction of sp³-hybridized carbons (Fsp3) is 0.385. The summed E-state index contributed by atoms with van der Waals surface area (Å²) < 4.78 is 17.3. The van der Waals surface area contributed by atoms with Crippen molar-refractivity contribution in [3.8, 4) is 11.5 Å². The molecule has 33 heavy (non-hydrogen) atoms. The van der Waals surface area contributed by atoms with Gasteiger partial charge in [0.15, 0.2) is 16.9 Å². The van der Waals surface area contributed by atoms with E-state index in [1.165, 1.54) is 0 Å². The highest BCUT2D eigenvalue weighted by atomic mass is 16.5. The van der Waals surface area contributed by atoms with Crippen molar-refractivity contribution in [2.24, 2.45) is 0 Å². The molecule has 174 valence electrons. The lowest BCUT2D eigenvalue weighted by atomic mass is 9.98. The number of carbonyl (C=O) groups excluding carboxylic acids is 1. The van der Waals surface area contributed by atoms with Crippen LogP contribution in [-0.2, 0) is 0 Å². The van der Waals surface area contributed by atoms with Gasteiger partial charge in [-0.2, -0.15) is 0 Å². The molecular weight excluding hydrogens is 420 g/mol. The predicted octanol–water partition coefficient (Wildman–Crippen LogP) is 4.09. The zero-order chi connectivity index (χ0) is 23.5. The molecule has 0 saturated carbocycles. The van der Waals surface area contributed by atoms with Gasteiger partial charge in [0.05, 0.1) is 30.7 Å². The third kappa shape index (κ3) is 4.33. The smallest absolute Gasteiger partial charge is 0.290 e. The molecule has 0 spiro atoms. The van der Waals surface area contributed by atoms with E-state index in [1.54, 1.807) is 36.3 Å². The third-order valence-corrected chi connectivity index (χ3v) is 5.84. The van der Waals surface area contributed by atoms with Gasteiger partial charge in [0.2, 0.25) is 5.76 Å². The molecule has 0 N–H and O–H groups in total. The number of para-hydroxylation sites is 1. The Kier molecular flexibility index (Phi) is 6.70. The first kappa shape index (κ1) is 22.9. The minimum absolute atomic E-state index is 0.124. The molecule has 0 aliphatic carbocycles. The van der Waals surface area contributed by atoms with Crippen LogP contribution >= 0.6 is 0 Å². The summed E-state index contributed by atoms with van der Waals surface area (Å²) in [6.45, 7) is 3.94. The molecule has 0 saturated heterocycles. The van der Waals surface area contributed by atoms with E-state index in [9.17, 15) is 9.59 Å². The third-order valence-electron chi connectivity index (χ3n) is 5.84. The number of carbonyl (C=O) groups is 1. The van der Waals surface area contributed by atoms with Crippen molar-refractivity contribution in [3.05, 3.63) is 69.6 Å². The van der Waals surface area contributed by atoms with Crippen molar-refractivity contribution >= 4 is 16.9 Å². The van der Waals surface area contributed by atoms with Gasteiger partial charge >= 0.3 is 0 Å². The van der Waals surface area contributed by atoms with Gasteiger partial charge in [-0.25, -0.2) is 0 Å². The van der Waals surface area contributed by atoms with E-state index >= 15 is 0 Å². The Bertz CT molecular complexity index is 1220. The maximum atomic E-state index is 13.5. The minimum atomic E-state index is -0.551. The van der Waals surface area contributed by atoms with E-state index in [2.05, 4.69) is 4.90 Å². The number of hydrogen-bond donors (Lipinski definition) is 0. The van der Waals surface area contributed by atoms with E-state index in [-0.39, 0.29) is 17.1 Å². The summed E-state index contributed by atoms with van der Waals surface area (Å²) >= 11 is 0. The maximum absolute atomic E-state index is 13.5. The Morgan fingerprint density at radius 3 is 2.61 bits per heavy atom. The molecule has 0 fully saturated rings. The second-order valence-corrected chi connectivity index (χ2v) is 8.49. The van der Waals surface area contributed by atoms with Crippen LogP contribution < -0.4 is 14.9 Å². The highest BCUT2D eigenvalue weighted by Crippen LogP contribution is 2.41. The monoisotopic (exact) mass is 450 g/mol. The van der Waals surface area contributed by atoms with E-state index < -0.39 is 6.04 Å². The van der Waals surface area contributed by atoms with E-state index in [0.29, 0.717) is 41.2 Å². The second kappa shape index (κ2) is 9.67. The highest BCUT2D eigenvalue weighted by molar-refractivity contribution is 5.99. The Morgan fingerprint density at radius 1 is 1.09 bits per heavy atom. The van der Waals surface area contributed by atoms with E-state index in [0.717, 1.165) is 24.9 Å². The summed E-state index contributed by atoms with van der Waals surface area (Å²) in [5.74, 6) is 1.07. The van der Waals surface area contributed by atoms with Gasteiger partial charge in [0.1, 0.15) is 5.58 Å². The zero-order valence-corrected chi connectivity index (χ0v) is 19.6. The molecule has 3 aromatic rings. The molecule has 1 aliphatic heterocycles. The average molecular weight is 451 g/mol. The van der Waals surface area contributed by atoms with E-state index in [1.807, 2.05) is 39.2 Å². The van der Waals surface area contributed by atoms with Crippen LogP contribution in [0.4, 0.5) is 0 Å². The first-order valence-corrected chi connectivity index (χ1v) is 11.3. The van der Waals surface area contributed by atoms with Crippen molar-refractivity contribution < 1.29 is 18.7 Å². The second-order valence-electron chi connectivity index (χ2n) is 8.49. The van der Waals surface area contributed by atoms with Crippen molar-refractivity contribution in [1.29, 1.82) is 0 Å². The molecule has 2 aromatic carbocycles. The first-order chi connectivity index (χ1) is 16.0. The predicted molar refractivity (Wildman–Crippen MR) is 127 cm³/mol. The Balaban J connectivity index is 1.84. The lowest BCUT2D eigenvalue weighted by Gasteiger charge is -2.26. The quantitative estimate of drug-likeness (QED) is 0.489.